The molecule has 1 aliphatic heterocycles. The number of carbonyl (C=O) groups excluding carboxylic acids is 1. The fourth-order valence-corrected chi connectivity index (χ4v) is 5.08. The van der Waals surface area contributed by atoms with E-state index in [0.717, 1.165) is 0 Å². The number of aromatic nitrogens is 4. The van der Waals surface area contributed by atoms with Gasteiger partial charge < -0.3 is 24.2 Å². The molecule has 0 aliphatic carbocycles. The second-order valence-corrected chi connectivity index (χ2v) is 10.2. The SMILES string of the molecule is CC(C)OC(=O)C(C)NP(=O)(OCC1OC(n2cnc3cncnc32)C(O)C1O)Oc1ccccc1. The van der Waals surface area contributed by atoms with Gasteiger partial charge in [-0.05, 0) is 32.9 Å². The van der Waals surface area contributed by atoms with Crippen LogP contribution >= 0.6 is 7.75 Å². The molecular weight excluding hydrogens is 493 g/mol. The summed E-state index contributed by atoms with van der Waals surface area (Å²) >= 11 is 0. The summed E-state index contributed by atoms with van der Waals surface area (Å²) in [6.45, 7) is 4.41. The van der Waals surface area contributed by atoms with Crippen LogP contribution in [0, 0.1) is 0 Å². The largest absolute Gasteiger partial charge is 0.462 e. The van der Waals surface area contributed by atoms with Crippen LogP contribution in [0.2, 0.25) is 0 Å². The predicted molar refractivity (Wildman–Crippen MR) is 126 cm³/mol. The van der Waals surface area contributed by atoms with Crippen LogP contribution in [0.25, 0.3) is 11.2 Å². The van der Waals surface area contributed by atoms with Gasteiger partial charge in [-0.1, -0.05) is 18.2 Å². The Morgan fingerprint density at radius 1 is 1.19 bits per heavy atom. The maximum Gasteiger partial charge on any atom is 0.459 e. The van der Waals surface area contributed by atoms with Crippen LogP contribution < -0.4 is 9.61 Å². The van der Waals surface area contributed by atoms with Crippen LogP contribution in [0.4, 0.5) is 0 Å². The highest BCUT2D eigenvalue weighted by Crippen LogP contribution is 2.46. The average Bonchev–Trinajstić information content (AvgIpc) is 3.39. The smallest absolute Gasteiger partial charge is 0.459 e. The average molecular weight is 521 g/mol. The normalized spacial score (nSPS) is 24.5. The zero-order valence-corrected chi connectivity index (χ0v) is 20.8. The van der Waals surface area contributed by atoms with Crippen LogP contribution in [0.1, 0.15) is 27.0 Å². The van der Waals surface area contributed by atoms with Crippen LogP contribution in [0.15, 0.2) is 49.2 Å². The molecule has 0 saturated carbocycles. The maximum absolute atomic E-state index is 13.6. The van der Waals surface area contributed by atoms with Crippen molar-refractivity contribution in [2.24, 2.45) is 0 Å². The molecule has 3 N–H and O–H groups in total. The summed E-state index contributed by atoms with van der Waals surface area (Å²) in [6.07, 6.45) is -0.986. The van der Waals surface area contributed by atoms with Crippen molar-refractivity contribution >= 4 is 24.9 Å². The lowest BCUT2D eigenvalue weighted by atomic mass is 10.1. The molecule has 13 nitrogen and oxygen atoms in total. The van der Waals surface area contributed by atoms with Gasteiger partial charge in [-0.15, -0.1) is 0 Å². The van der Waals surface area contributed by atoms with E-state index in [4.69, 9.17) is 18.5 Å². The zero-order valence-electron chi connectivity index (χ0n) is 19.9. The summed E-state index contributed by atoms with van der Waals surface area (Å²) in [6, 6.07) is 7.22. The van der Waals surface area contributed by atoms with Crippen molar-refractivity contribution in [3.63, 3.8) is 0 Å². The van der Waals surface area contributed by atoms with Crippen molar-refractivity contribution in [2.45, 2.75) is 57.5 Å². The standard InChI is InChI=1S/C22H28N5O8P/c1-13(2)33-22(30)14(3)26-36(31,35-15-7-5-4-6-8-15)32-10-17-18(28)19(29)21(34-17)27-12-25-16-9-23-11-24-20(16)27/h4-9,11-14,17-19,21,28-29H,10H2,1-3H3,(H,26,31). The molecule has 4 rings (SSSR count). The van der Waals surface area contributed by atoms with Gasteiger partial charge in [0.25, 0.3) is 0 Å². The Bertz CT molecular complexity index is 1230. The summed E-state index contributed by atoms with van der Waals surface area (Å²) in [5.74, 6) is -0.416. The number of esters is 1. The topological polar surface area (TPSA) is 167 Å². The lowest BCUT2D eigenvalue weighted by Gasteiger charge is -2.25. The first-order valence-electron chi connectivity index (χ1n) is 11.3. The molecular formula is C22H28N5O8P. The quantitative estimate of drug-likeness (QED) is 0.261. The van der Waals surface area contributed by atoms with Crippen LogP contribution in [-0.4, -0.2) is 72.8 Å². The molecule has 1 saturated heterocycles. The van der Waals surface area contributed by atoms with E-state index in [0.29, 0.717) is 11.2 Å². The Hall–Kier alpha value is -2.93. The number of nitrogens with zero attached hydrogens (tertiary/aromatic N) is 4. The molecule has 0 bridgehead atoms. The van der Waals surface area contributed by atoms with Gasteiger partial charge in [-0.2, -0.15) is 5.09 Å². The Balaban J connectivity index is 1.49. The lowest BCUT2D eigenvalue weighted by Crippen LogP contribution is -2.38. The minimum absolute atomic E-state index is 0.230. The number of rotatable bonds is 10. The number of nitrogens with one attached hydrogen (secondary N) is 1. The van der Waals surface area contributed by atoms with Gasteiger partial charge in [0.05, 0.1) is 25.2 Å². The summed E-state index contributed by atoms with van der Waals surface area (Å²) in [5.41, 5.74) is 0.884. The summed E-state index contributed by atoms with van der Waals surface area (Å²) in [5, 5.41) is 23.8. The van der Waals surface area contributed by atoms with Crippen molar-refractivity contribution in [1.82, 2.24) is 24.6 Å². The molecule has 1 aromatic carbocycles. The molecule has 1 aliphatic rings. The Morgan fingerprint density at radius 2 is 1.94 bits per heavy atom. The van der Waals surface area contributed by atoms with E-state index >= 15 is 0 Å². The molecule has 14 heteroatoms. The van der Waals surface area contributed by atoms with E-state index in [-0.39, 0.29) is 11.9 Å². The molecule has 0 radical (unpaired) electrons. The van der Waals surface area contributed by atoms with Gasteiger partial charge >= 0.3 is 13.7 Å². The fourth-order valence-electron chi connectivity index (χ4n) is 3.57. The fraction of sp³-hybridized carbons (Fsp3) is 0.455. The molecule has 6 atom stereocenters. The third-order valence-electron chi connectivity index (χ3n) is 5.28. The van der Waals surface area contributed by atoms with Crippen molar-refractivity contribution in [2.75, 3.05) is 6.61 Å². The number of aliphatic hydroxyl groups is 2. The Kier molecular flexibility index (Phi) is 7.98. The first-order valence-corrected chi connectivity index (χ1v) is 12.8. The van der Waals surface area contributed by atoms with Crippen LogP contribution in [-0.2, 0) is 23.4 Å². The molecule has 0 spiro atoms. The van der Waals surface area contributed by atoms with E-state index in [1.807, 2.05) is 0 Å². The first-order chi connectivity index (χ1) is 17.2. The van der Waals surface area contributed by atoms with E-state index in [2.05, 4.69) is 20.0 Å². The number of aliphatic hydroxyl groups excluding tert-OH is 2. The van der Waals surface area contributed by atoms with Gasteiger partial charge in [0.2, 0.25) is 0 Å². The monoisotopic (exact) mass is 521 g/mol. The van der Waals surface area contributed by atoms with Crippen molar-refractivity contribution in [1.29, 1.82) is 0 Å². The second kappa shape index (κ2) is 11.0. The van der Waals surface area contributed by atoms with Gasteiger partial charge in [-0.3, -0.25) is 13.9 Å². The van der Waals surface area contributed by atoms with Gasteiger partial charge in [0.1, 0.15) is 41.9 Å². The van der Waals surface area contributed by atoms with Crippen molar-refractivity contribution in [3.05, 3.63) is 49.2 Å². The molecule has 36 heavy (non-hydrogen) atoms. The van der Waals surface area contributed by atoms with Crippen molar-refractivity contribution in [3.8, 4) is 5.75 Å². The van der Waals surface area contributed by atoms with Gasteiger partial charge in [-0.25, -0.2) is 19.5 Å². The summed E-state index contributed by atoms with van der Waals surface area (Å²) < 4.78 is 37.2. The van der Waals surface area contributed by atoms with Crippen molar-refractivity contribution < 1.29 is 38.1 Å². The second-order valence-electron chi connectivity index (χ2n) is 8.46. The number of hydrogen-bond donors (Lipinski definition) is 3. The predicted octanol–water partition coefficient (Wildman–Crippen LogP) is 1.58. The number of benzene rings is 1. The molecule has 3 aromatic rings. The summed E-state index contributed by atoms with van der Waals surface area (Å²) in [7, 11) is -4.18. The third kappa shape index (κ3) is 5.89. The van der Waals surface area contributed by atoms with E-state index in [1.54, 1.807) is 44.2 Å². The molecule has 2 aromatic heterocycles. The number of fused-ring (bicyclic) bond motifs is 1. The van der Waals surface area contributed by atoms with Gasteiger partial charge in [0.15, 0.2) is 11.9 Å². The first kappa shape index (κ1) is 26.1. The van der Waals surface area contributed by atoms with E-state index in [1.165, 1.54) is 30.3 Å². The molecule has 1 fully saturated rings. The molecule has 6 unspecified atom stereocenters. The third-order valence-corrected chi connectivity index (χ3v) is 6.93. The Labute approximate surface area is 207 Å². The number of imidazole rings is 1. The van der Waals surface area contributed by atoms with Gasteiger partial charge in [0, 0.05) is 0 Å². The lowest BCUT2D eigenvalue weighted by molar-refractivity contribution is -0.149. The highest BCUT2D eigenvalue weighted by atomic mass is 31.2. The summed E-state index contributed by atoms with van der Waals surface area (Å²) in [4.78, 5) is 24.5. The highest BCUT2D eigenvalue weighted by molar-refractivity contribution is 7.52. The Morgan fingerprint density at radius 3 is 2.67 bits per heavy atom. The molecule has 3 heterocycles. The minimum atomic E-state index is -4.18. The van der Waals surface area contributed by atoms with E-state index < -0.39 is 50.9 Å². The highest BCUT2D eigenvalue weighted by Gasteiger charge is 2.46. The molecule has 0 amide bonds. The number of carbonyl (C=O) groups is 1. The van der Waals surface area contributed by atoms with Crippen LogP contribution in [0.5, 0.6) is 5.75 Å². The zero-order chi connectivity index (χ0) is 25.9. The molecule has 194 valence electrons. The maximum atomic E-state index is 13.6. The van der Waals surface area contributed by atoms with Crippen LogP contribution in [0.3, 0.4) is 0 Å². The van der Waals surface area contributed by atoms with E-state index in [9.17, 15) is 19.6 Å². The minimum Gasteiger partial charge on any atom is -0.462 e. The number of ether oxygens (including phenoxy) is 2. The number of hydrogen-bond acceptors (Lipinski definition) is 11. The number of para-hydroxylation sites is 1.